The fraction of sp³-hybridized carbons (Fsp3) is 0.917. The lowest BCUT2D eigenvalue weighted by atomic mass is 9.99. The first-order valence-corrected chi connectivity index (χ1v) is 6.13. The van der Waals surface area contributed by atoms with Crippen molar-refractivity contribution in [1.82, 2.24) is 5.32 Å². The standard InChI is InChI=1S/C12H23NO2/c1-3-4-5-6-7-15-12(14)11-9-13-8-10(11)2/h10-11,13H,3-9H2,1-2H3. The fourth-order valence-electron chi connectivity index (χ4n) is 1.93. The molecule has 3 heteroatoms. The van der Waals surface area contributed by atoms with Crippen molar-refractivity contribution < 1.29 is 9.53 Å². The van der Waals surface area contributed by atoms with Gasteiger partial charge in [0.15, 0.2) is 0 Å². The molecule has 0 amide bonds. The van der Waals surface area contributed by atoms with Crippen LogP contribution in [0.3, 0.4) is 0 Å². The molecule has 1 aliphatic rings. The zero-order chi connectivity index (χ0) is 11.1. The molecule has 0 aromatic rings. The normalized spacial score (nSPS) is 25.5. The van der Waals surface area contributed by atoms with E-state index in [9.17, 15) is 4.79 Å². The van der Waals surface area contributed by atoms with Crippen LogP contribution in [0.25, 0.3) is 0 Å². The van der Waals surface area contributed by atoms with E-state index < -0.39 is 0 Å². The predicted molar refractivity (Wildman–Crippen MR) is 60.6 cm³/mol. The van der Waals surface area contributed by atoms with Gasteiger partial charge in [-0.3, -0.25) is 4.79 Å². The molecular formula is C12H23NO2. The van der Waals surface area contributed by atoms with Crippen LogP contribution in [-0.4, -0.2) is 25.7 Å². The number of ether oxygens (including phenoxy) is 1. The van der Waals surface area contributed by atoms with Gasteiger partial charge in [0.25, 0.3) is 0 Å². The van der Waals surface area contributed by atoms with Crippen LogP contribution in [0.2, 0.25) is 0 Å². The lowest BCUT2D eigenvalue weighted by Crippen LogP contribution is -2.24. The van der Waals surface area contributed by atoms with Crippen molar-refractivity contribution in [2.45, 2.75) is 39.5 Å². The monoisotopic (exact) mass is 213 g/mol. The molecule has 3 nitrogen and oxygen atoms in total. The topological polar surface area (TPSA) is 38.3 Å². The molecular weight excluding hydrogens is 190 g/mol. The highest BCUT2D eigenvalue weighted by Gasteiger charge is 2.30. The number of carbonyl (C=O) groups is 1. The van der Waals surface area contributed by atoms with E-state index in [-0.39, 0.29) is 11.9 Å². The minimum absolute atomic E-state index is 0.0102. The highest BCUT2D eigenvalue weighted by Crippen LogP contribution is 2.17. The summed E-state index contributed by atoms with van der Waals surface area (Å²) in [5, 5.41) is 3.21. The molecule has 1 aliphatic heterocycles. The van der Waals surface area contributed by atoms with Crippen molar-refractivity contribution in [2.75, 3.05) is 19.7 Å². The van der Waals surface area contributed by atoms with Gasteiger partial charge in [-0.1, -0.05) is 33.1 Å². The Bertz CT molecular complexity index is 194. The van der Waals surface area contributed by atoms with E-state index >= 15 is 0 Å². The van der Waals surface area contributed by atoms with Crippen molar-refractivity contribution >= 4 is 5.97 Å². The molecule has 1 rings (SSSR count). The second kappa shape index (κ2) is 6.83. The molecule has 1 N–H and O–H groups in total. The fourth-order valence-corrected chi connectivity index (χ4v) is 1.93. The van der Waals surface area contributed by atoms with Gasteiger partial charge in [0, 0.05) is 6.54 Å². The molecule has 0 radical (unpaired) electrons. The van der Waals surface area contributed by atoms with E-state index in [0.717, 1.165) is 19.5 Å². The van der Waals surface area contributed by atoms with Gasteiger partial charge in [0.05, 0.1) is 12.5 Å². The first kappa shape index (κ1) is 12.5. The lowest BCUT2D eigenvalue weighted by molar-refractivity contribution is -0.149. The molecule has 2 atom stereocenters. The molecule has 0 saturated carbocycles. The van der Waals surface area contributed by atoms with Gasteiger partial charge in [-0.05, 0) is 18.9 Å². The van der Waals surface area contributed by atoms with E-state index in [2.05, 4.69) is 19.2 Å². The number of esters is 1. The molecule has 88 valence electrons. The van der Waals surface area contributed by atoms with Crippen LogP contribution in [0.15, 0.2) is 0 Å². The summed E-state index contributed by atoms with van der Waals surface area (Å²) in [4.78, 5) is 11.6. The summed E-state index contributed by atoms with van der Waals surface area (Å²) in [6.07, 6.45) is 4.63. The maximum absolute atomic E-state index is 11.6. The molecule has 2 unspecified atom stereocenters. The molecule has 0 aromatic carbocycles. The second-order valence-electron chi connectivity index (χ2n) is 4.47. The number of unbranched alkanes of at least 4 members (excludes halogenated alkanes) is 3. The van der Waals surface area contributed by atoms with Crippen LogP contribution in [0.1, 0.15) is 39.5 Å². The zero-order valence-corrected chi connectivity index (χ0v) is 9.92. The summed E-state index contributed by atoms with van der Waals surface area (Å²) in [5.41, 5.74) is 0. The van der Waals surface area contributed by atoms with E-state index in [4.69, 9.17) is 4.74 Å². The highest BCUT2D eigenvalue weighted by atomic mass is 16.5. The van der Waals surface area contributed by atoms with Gasteiger partial charge in [-0.2, -0.15) is 0 Å². The Morgan fingerprint density at radius 2 is 2.13 bits per heavy atom. The van der Waals surface area contributed by atoms with Crippen molar-refractivity contribution in [1.29, 1.82) is 0 Å². The van der Waals surface area contributed by atoms with Crippen LogP contribution in [-0.2, 0) is 9.53 Å². The second-order valence-corrected chi connectivity index (χ2v) is 4.47. The van der Waals surface area contributed by atoms with E-state index in [1.807, 2.05) is 0 Å². The number of hydrogen-bond acceptors (Lipinski definition) is 3. The average Bonchev–Trinajstić information content (AvgIpc) is 2.64. The third kappa shape index (κ3) is 4.20. The maximum Gasteiger partial charge on any atom is 0.310 e. The van der Waals surface area contributed by atoms with Gasteiger partial charge >= 0.3 is 5.97 Å². The van der Waals surface area contributed by atoms with Crippen molar-refractivity contribution in [2.24, 2.45) is 11.8 Å². The summed E-state index contributed by atoms with van der Waals surface area (Å²) in [6, 6.07) is 0. The van der Waals surface area contributed by atoms with Crippen LogP contribution in [0, 0.1) is 11.8 Å². The number of hydrogen-bond donors (Lipinski definition) is 1. The Hall–Kier alpha value is -0.570. The number of nitrogens with one attached hydrogen (secondary N) is 1. The first-order chi connectivity index (χ1) is 7.25. The molecule has 0 aromatic heterocycles. The number of carbonyl (C=O) groups excluding carboxylic acids is 1. The molecule has 15 heavy (non-hydrogen) atoms. The molecule has 0 aliphatic carbocycles. The first-order valence-electron chi connectivity index (χ1n) is 6.13. The minimum Gasteiger partial charge on any atom is -0.465 e. The predicted octanol–water partition coefficient (Wildman–Crippen LogP) is 1.97. The van der Waals surface area contributed by atoms with E-state index in [1.54, 1.807) is 0 Å². The van der Waals surface area contributed by atoms with Crippen LogP contribution < -0.4 is 5.32 Å². The molecule has 1 fully saturated rings. The Morgan fingerprint density at radius 1 is 1.33 bits per heavy atom. The Balaban J connectivity index is 2.08. The van der Waals surface area contributed by atoms with E-state index in [1.165, 1.54) is 19.3 Å². The van der Waals surface area contributed by atoms with Gasteiger partial charge in [0.1, 0.15) is 0 Å². The van der Waals surface area contributed by atoms with Gasteiger partial charge < -0.3 is 10.1 Å². The third-order valence-electron chi connectivity index (χ3n) is 3.06. The van der Waals surface area contributed by atoms with Crippen molar-refractivity contribution in [3.63, 3.8) is 0 Å². The van der Waals surface area contributed by atoms with E-state index in [0.29, 0.717) is 12.5 Å². The molecule has 1 heterocycles. The lowest BCUT2D eigenvalue weighted by Gasteiger charge is -2.13. The minimum atomic E-state index is -0.0102. The summed E-state index contributed by atoms with van der Waals surface area (Å²) < 4.78 is 5.26. The summed E-state index contributed by atoms with van der Waals surface area (Å²) >= 11 is 0. The van der Waals surface area contributed by atoms with Crippen molar-refractivity contribution in [3.8, 4) is 0 Å². The summed E-state index contributed by atoms with van der Waals surface area (Å²) in [6.45, 7) is 6.60. The largest absolute Gasteiger partial charge is 0.465 e. The Labute approximate surface area is 92.6 Å². The van der Waals surface area contributed by atoms with Gasteiger partial charge in [0.2, 0.25) is 0 Å². The van der Waals surface area contributed by atoms with Gasteiger partial charge in [-0.25, -0.2) is 0 Å². The maximum atomic E-state index is 11.6. The summed E-state index contributed by atoms with van der Waals surface area (Å²) in [7, 11) is 0. The van der Waals surface area contributed by atoms with Gasteiger partial charge in [-0.15, -0.1) is 0 Å². The smallest absolute Gasteiger partial charge is 0.310 e. The number of rotatable bonds is 6. The van der Waals surface area contributed by atoms with Crippen LogP contribution in [0.4, 0.5) is 0 Å². The molecule has 0 spiro atoms. The Kier molecular flexibility index (Phi) is 5.69. The zero-order valence-electron chi connectivity index (χ0n) is 9.92. The highest BCUT2D eigenvalue weighted by molar-refractivity contribution is 5.73. The Morgan fingerprint density at radius 3 is 2.73 bits per heavy atom. The van der Waals surface area contributed by atoms with Crippen molar-refractivity contribution in [3.05, 3.63) is 0 Å². The summed E-state index contributed by atoms with van der Waals surface area (Å²) in [5.74, 6) is 0.494. The quantitative estimate of drug-likeness (QED) is 0.541. The average molecular weight is 213 g/mol. The SMILES string of the molecule is CCCCCCOC(=O)C1CNCC1C. The molecule has 0 bridgehead atoms. The van der Waals surface area contributed by atoms with Crippen LogP contribution >= 0.6 is 0 Å². The van der Waals surface area contributed by atoms with Crippen LogP contribution in [0.5, 0.6) is 0 Å². The third-order valence-corrected chi connectivity index (χ3v) is 3.06. The molecule has 1 saturated heterocycles.